The maximum Gasteiger partial charge on any atom is 0.0918 e. The van der Waals surface area contributed by atoms with Crippen molar-refractivity contribution in [3.05, 3.63) is 20.3 Å². The molecule has 3 heteroatoms. The van der Waals surface area contributed by atoms with Crippen LogP contribution in [0.25, 0.3) is 0 Å². The van der Waals surface area contributed by atoms with Crippen molar-refractivity contribution in [3.8, 4) is 0 Å². The van der Waals surface area contributed by atoms with E-state index in [2.05, 4.69) is 42.8 Å². The summed E-state index contributed by atoms with van der Waals surface area (Å²) in [7, 11) is 0. The maximum absolute atomic E-state index is 9.96. The lowest BCUT2D eigenvalue weighted by atomic mass is 10.0. The first-order valence-electron chi connectivity index (χ1n) is 4.50. The second kappa shape index (κ2) is 4.58. The largest absolute Gasteiger partial charge is 0.387 e. The molecule has 1 heterocycles. The van der Waals surface area contributed by atoms with Crippen molar-refractivity contribution in [2.45, 2.75) is 33.3 Å². The minimum Gasteiger partial charge on any atom is -0.387 e. The standard InChI is InChI=1S/C10H15BrOS/c1-4-6(2)9(12)10-8(11)5-7(3)13-10/h5-6,9,12H,4H2,1-3H3. The summed E-state index contributed by atoms with van der Waals surface area (Å²) in [6, 6.07) is 2.06. The fraction of sp³-hybridized carbons (Fsp3) is 0.600. The first kappa shape index (κ1) is 11.2. The molecule has 0 saturated heterocycles. The van der Waals surface area contributed by atoms with Gasteiger partial charge in [0.25, 0.3) is 0 Å². The van der Waals surface area contributed by atoms with Crippen molar-refractivity contribution < 1.29 is 5.11 Å². The Balaban J connectivity index is 2.87. The molecule has 1 rings (SSSR count). The van der Waals surface area contributed by atoms with Crippen LogP contribution in [-0.4, -0.2) is 5.11 Å². The van der Waals surface area contributed by atoms with Crippen LogP contribution in [0.3, 0.4) is 0 Å². The summed E-state index contributed by atoms with van der Waals surface area (Å²) in [6.07, 6.45) is 0.683. The van der Waals surface area contributed by atoms with E-state index in [4.69, 9.17) is 0 Å². The van der Waals surface area contributed by atoms with Gasteiger partial charge in [0.15, 0.2) is 0 Å². The van der Waals surface area contributed by atoms with Crippen LogP contribution >= 0.6 is 27.3 Å². The topological polar surface area (TPSA) is 20.2 Å². The third kappa shape index (κ3) is 2.55. The van der Waals surface area contributed by atoms with Crippen LogP contribution in [0.5, 0.6) is 0 Å². The van der Waals surface area contributed by atoms with E-state index in [9.17, 15) is 5.11 Å². The third-order valence-electron chi connectivity index (χ3n) is 2.29. The zero-order valence-corrected chi connectivity index (χ0v) is 10.6. The number of aliphatic hydroxyl groups excluding tert-OH is 1. The first-order chi connectivity index (χ1) is 6.06. The van der Waals surface area contributed by atoms with E-state index in [0.717, 1.165) is 15.8 Å². The highest BCUT2D eigenvalue weighted by Gasteiger charge is 2.19. The Morgan fingerprint density at radius 1 is 1.62 bits per heavy atom. The Labute approximate surface area is 91.9 Å². The lowest BCUT2D eigenvalue weighted by Gasteiger charge is -2.15. The number of hydrogen-bond donors (Lipinski definition) is 1. The fourth-order valence-corrected chi connectivity index (χ4v) is 3.19. The number of aryl methyl sites for hydroxylation is 1. The van der Waals surface area contributed by atoms with Gasteiger partial charge in [-0.1, -0.05) is 20.3 Å². The Kier molecular flexibility index (Phi) is 3.95. The van der Waals surface area contributed by atoms with E-state index in [-0.39, 0.29) is 6.10 Å². The molecule has 1 aromatic rings. The highest BCUT2D eigenvalue weighted by molar-refractivity contribution is 9.10. The quantitative estimate of drug-likeness (QED) is 0.876. The molecule has 0 aliphatic heterocycles. The molecule has 0 saturated carbocycles. The van der Waals surface area contributed by atoms with E-state index < -0.39 is 0 Å². The highest BCUT2D eigenvalue weighted by Crippen LogP contribution is 2.36. The van der Waals surface area contributed by atoms with Crippen molar-refractivity contribution in [1.82, 2.24) is 0 Å². The molecule has 1 aromatic heterocycles. The number of rotatable bonds is 3. The summed E-state index contributed by atoms with van der Waals surface area (Å²) in [5, 5.41) is 9.96. The molecule has 0 aliphatic rings. The number of halogens is 1. The van der Waals surface area contributed by atoms with Gasteiger partial charge in [-0.2, -0.15) is 0 Å². The highest BCUT2D eigenvalue weighted by atomic mass is 79.9. The third-order valence-corrected chi connectivity index (χ3v) is 4.33. The molecule has 0 aliphatic carbocycles. The minimum atomic E-state index is -0.321. The van der Waals surface area contributed by atoms with Crippen LogP contribution in [0.4, 0.5) is 0 Å². The van der Waals surface area contributed by atoms with E-state index >= 15 is 0 Å². The van der Waals surface area contributed by atoms with Crippen molar-refractivity contribution in [3.63, 3.8) is 0 Å². The van der Waals surface area contributed by atoms with Crippen molar-refractivity contribution >= 4 is 27.3 Å². The van der Waals surface area contributed by atoms with Gasteiger partial charge < -0.3 is 5.11 Å². The van der Waals surface area contributed by atoms with E-state index in [1.54, 1.807) is 11.3 Å². The summed E-state index contributed by atoms with van der Waals surface area (Å²) in [4.78, 5) is 2.30. The molecular formula is C10H15BrOS. The minimum absolute atomic E-state index is 0.321. The van der Waals surface area contributed by atoms with Gasteiger partial charge in [0.1, 0.15) is 0 Å². The van der Waals surface area contributed by atoms with Crippen LogP contribution in [0, 0.1) is 12.8 Å². The van der Waals surface area contributed by atoms with Crippen LogP contribution in [0.15, 0.2) is 10.5 Å². The lowest BCUT2D eigenvalue weighted by Crippen LogP contribution is -2.06. The Morgan fingerprint density at radius 2 is 2.23 bits per heavy atom. The summed E-state index contributed by atoms with van der Waals surface area (Å²) >= 11 is 5.13. The van der Waals surface area contributed by atoms with Gasteiger partial charge in [-0.25, -0.2) is 0 Å². The lowest BCUT2D eigenvalue weighted by molar-refractivity contribution is 0.118. The van der Waals surface area contributed by atoms with Crippen LogP contribution in [0.1, 0.15) is 36.1 Å². The zero-order valence-electron chi connectivity index (χ0n) is 8.17. The van der Waals surface area contributed by atoms with Gasteiger partial charge in [0.05, 0.1) is 6.10 Å². The average molecular weight is 263 g/mol. The van der Waals surface area contributed by atoms with Gasteiger partial charge >= 0.3 is 0 Å². The zero-order chi connectivity index (χ0) is 10.0. The molecule has 74 valence electrons. The number of hydrogen-bond acceptors (Lipinski definition) is 2. The number of aliphatic hydroxyl groups is 1. The molecule has 0 aromatic carbocycles. The maximum atomic E-state index is 9.96. The van der Waals surface area contributed by atoms with Gasteiger partial charge in [-0.3, -0.25) is 0 Å². The molecule has 0 amide bonds. The van der Waals surface area contributed by atoms with E-state index in [0.29, 0.717) is 5.92 Å². The predicted molar refractivity (Wildman–Crippen MR) is 61.2 cm³/mol. The second-order valence-corrected chi connectivity index (χ2v) is 5.54. The van der Waals surface area contributed by atoms with Gasteiger partial charge in [0.2, 0.25) is 0 Å². The summed E-state index contributed by atoms with van der Waals surface area (Å²) in [6.45, 7) is 6.23. The molecular weight excluding hydrogens is 248 g/mol. The molecule has 0 fully saturated rings. The smallest absolute Gasteiger partial charge is 0.0918 e. The normalized spacial score (nSPS) is 15.8. The van der Waals surface area contributed by atoms with Crippen molar-refractivity contribution in [1.29, 1.82) is 0 Å². The molecule has 2 atom stereocenters. The van der Waals surface area contributed by atoms with Crippen molar-refractivity contribution in [2.24, 2.45) is 5.92 Å². The van der Waals surface area contributed by atoms with Crippen molar-refractivity contribution in [2.75, 3.05) is 0 Å². The van der Waals surface area contributed by atoms with Gasteiger partial charge in [0, 0.05) is 14.2 Å². The Morgan fingerprint density at radius 3 is 2.62 bits per heavy atom. The van der Waals surface area contributed by atoms with Crippen LogP contribution < -0.4 is 0 Å². The monoisotopic (exact) mass is 262 g/mol. The summed E-state index contributed by atoms with van der Waals surface area (Å²) in [5.74, 6) is 0.328. The summed E-state index contributed by atoms with van der Waals surface area (Å²) in [5.41, 5.74) is 0. The Hall–Kier alpha value is 0.140. The molecule has 0 spiro atoms. The van der Waals surface area contributed by atoms with E-state index in [1.807, 2.05) is 0 Å². The van der Waals surface area contributed by atoms with Crippen LogP contribution in [0.2, 0.25) is 0 Å². The SMILES string of the molecule is CCC(C)C(O)c1sc(C)cc1Br. The number of thiophene rings is 1. The first-order valence-corrected chi connectivity index (χ1v) is 6.11. The Bertz CT molecular complexity index is 282. The van der Waals surface area contributed by atoms with Gasteiger partial charge in [-0.05, 0) is 34.8 Å². The molecule has 2 unspecified atom stereocenters. The summed E-state index contributed by atoms with van der Waals surface area (Å²) < 4.78 is 1.04. The average Bonchev–Trinajstić information content (AvgIpc) is 2.42. The van der Waals surface area contributed by atoms with Crippen LogP contribution in [-0.2, 0) is 0 Å². The molecule has 1 nitrogen and oxygen atoms in total. The molecule has 0 radical (unpaired) electrons. The molecule has 1 N–H and O–H groups in total. The molecule has 13 heavy (non-hydrogen) atoms. The fourth-order valence-electron chi connectivity index (χ4n) is 1.18. The van der Waals surface area contributed by atoms with E-state index in [1.165, 1.54) is 4.88 Å². The van der Waals surface area contributed by atoms with Gasteiger partial charge in [-0.15, -0.1) is 11.3 Å². The second-order valence-electron chi connectivity index (χ2n) is 3.40. The molecule has 0 bridgehead atoms. The predicted octanol–water partition coefficient (Wildman–Crippen LogP) is 3.90.